The van der Waals surface area contributed by atoms with Crippen LogP contribution < -0.4 is 0 Å². The Balaban J connectivity index is 2.63. The van der Waals surface area contributed by atoms with Crippen LogP contribution in [0.5, 0.6) is 0 Å². The second kappa shape index (κ2) is 5.45. The number of halogens is 3. The molecule has 1 rings (SSSR count). The van der Waals surface area contributed by atoms with Gasteiger partial charge in [0.25, 0.3) is 6.43 Å². The van der Waals surface area contributed by atoms with Crippen molar-refractivity contribution in [2.24, 2.45) is 0 Å². The average molecular weight is 235 g/mol. The maximum absolute atomic E-state index is 13.0. The number of nitro benzene ring substituents is 1. The SMILES string of the molecule is O=[N+]([O-])c1ccc(COCC(F)F)cc1F. The molecule has 0 aliphatic heterocycles. The monoisotopic (exact) mass is 235 g/mol. The number of rotatable bonds is 5. The molecule has 16 heavy (non-hydrogen) atoms. The van der Waals surface area contributed by atoms with Crippen LogP contribution in [0.4, 0.5) is 18.9 Å². The van der Waals surface area contributed by atoms with Crippen LogP contribution >= 0.6 is 0 Å². The minimum atomic E-state index is -2.59. The third-order valence-corrected chi connectivity index (χ3v) is 1.72. The summed E-state index contributed by atoms with van der Waals surface area (Å²) in [5.41, 5.74) is -0.388. The van der Waals surface area contributed by atoms with Crippen molar-refractivity contribution in [3.63, 3.8) is 0 Å². The fraction of sp³-hybridized carbons (Fsp3) is 0.333. The van der Waals surface area contributed by atoms with Crippen LogP contribution in [0.25, 0.3) is 0 Å². The van der Waals surface area contributed by atoms with Gasteiger partial charge in [-0.15, -0.1) is 0 Å². The largest absolute Gasteiger partial charge is 0.371 e. The van der Waals surface area contributed by atoms with Crippen molar-refractivity contribution >= 4 is 5.69 Å². The second-order valence-corrected chi connectivity index (χ2v) is 2.95. The number of alkyl halides is 2. The molecule has 0 radical (unpaired) electrons. The highest BCUT2D eigenvalue weighted by Gasteiger charge is 2.13. The average Bonchev–Trinajstić information content (AvgIpc) is 2.16. The first-order valence-electron chi connectivity index (χ1n) is 4.29. The predicted octanol–water partition coefficient (Wildman–Crippen LogP) is 2.52. The Morgan fingerprint density at radius 2 is 2.12 bits per heavy atom. The van der Waals surface area contributed by atoms with Gasteiger partial charge in [0.1, 0.15) is 6.61 Å². The maximum Gasteiger partial charge on any atom is 0.304 e. The zero-order valence-corrected chi connectivity index (χ0v) is 8.03. The molecule has 0 heterocycles. The Kier molecular flexibility index (Phi) is 4.24. The molecule has 0 unspecified atom stereocenters. The molecular formula is C9H8F3NO3. The van der Waals surface area contributed by atoms with E-state index in [1.165, 1.54) is 6.07 Å². The molecule has 0 saturated heterocycles. The summed E-state index contributed by atoms with van der Waals surface area (Å²) in [4.78, 5) is 9.41. The quantitative estimate of drug-likeness (QED) is 0.582. The molecule has 0 aromatic heterocycles. The first kappa shape index (κ1) is 12.4. The van der Waals surface area contributed by atoms with E-state index in [1.807, 2.05) is 0 Å². The summed E-state index contributed by atoms with van der Waals surface area (Å²) in [6.45, 7) is -0.960. The van der Waals surface area contributed by atoms with Crippen molar-refractivity contribution in [3.8, 4) is 0 Å². The standard InChI is InChI=1S/C9H8F3NO3/c10-7-3-6(4-16-5-9(11)12)1-2-8(7)13(14)15/h1-3,9H,4-5H2. The lowest BCUT2D eigenvalue weighted by Crippen LogP contribution is -2.04. The first-order valence-corrected chi connectivity index (χ1v) is 4.29. The Morgan fingerprint density at radius 1 is 1.44 bits per heavy atom. The van der Waals surface area contributed by atoms with Crippen LogP contribution in [0, 0.1) is 15.9 Å². The van der Waals surface area contributed by atoms with Gasteiger partial charge < -0.3 is 4.74 Å². The molecule has 0 aliphatic rings. The summed E-state index contributed by atoms with van der Waals surface area (Å²) in [6, 6.07) is 3.12. The van der Waals surface area contributed by atoms with Gasteiger partial charge in [-0.05, 0) is 17.7 Å². The third-order valence-electron chi connectivity index (χ3n) is 1.72. The van der Waals surface area contributed by atoms with Crippen LogP contribution in [0.3, 0.4) is 0 Å². The summed E-state index contributed by atoms with van der Waals surface area (Å²) >= 11 is 0. The van der Waals surface area contributed by atoms with E-state index in [4.69, 9.17) is 0 Å². The van der Waals surface area contributed by atoms with Crippen molar-refractivity contribution in [3.05, 3.63) is 39.7 Å². The van der Waals surface area contributed by atoms with Gasteiger partial charge in [-0.3, -0.25) is 10.1 Å². The van der Waals surface area contributed by atoms with Crippen molar-refractivity contribution in [1.82, 2.24) is 0 Å². The van der Waals surface area contributed by atoms with E-state index in [2.05, 4.69) is 4.74 Å². The van der Waals surface area contributed by atoms with Crippen LogP contribution in [0.2, 0.25) is 0 Å². The summed E-state index contributed by atoms with van der Waals surface area (Å²) in [5.74, 6) is -1.01. The Labute approximate surface area is 88.8 Å². The van der Waals surface area contributed by atoms with Crippen LogP contribution in [-0.4, -0.2) is 18.0 Å². The van der Waals surface area contributed by atoms with Crippen molar-refractivity contribution in [2.45, 2.75) is 13.0 Å². The third kappa shape index (κ3) is 3.50. The van der Waals surface area contributed by atoms with Crippen molar-refractivity contribution < 1.29 is 22.8 Å². The van der Waals surface area contributed by atoms with Gasteiger partial charge in [0.15, 0.2) is 0 Å². The lowest BCUT2D eigenvalue weighted by Gasteiger charge is -2.03. The molecule has 0 spiro atoms. The van der Waals surface area contributed by atoms with Crippen LogP contribution in [-0.2, 0) is 11.3 Å². The molecule has 0 N–H and O–H groups in total. The van der Waals surface area contributed by atoms with Gasteiger partial charge in [-0.2, -0.15) is 4.39 Å². The van der Waals surface area contributed by atoms with Gasteiger partial charge in [-0.25, -0.2) is 8.78 Å². The normalized spacial score (nSPS) is 10.8. The molecule has 0 bridgehead atoms. The van der Waals surface area contributed by atoms with E-state index in [1.54, 1.807) is 0 Å². The fourth-order valence-corrected chi connectivity index (χ4v) is 1.05. The number of nitro groups is 1. The van der Waals surface area contributed by atoms with E-state index in [-0.39, 0.29) is 12.2 Å². The molecule has 88 valence electrons. The van der Waals surface area contributed by atoms with Crippen molar-refractivity contribution in [2.75, 3.05) is 6.61 Å². The molecule has 4 nitrogen and oxygen atoms in total. The Hall–Kier alpha value is -1.63. The Morgan fingerprint density at radius 3 is 2.62 bits per heavy atom. The van der Waals surface area contributed by atoms with Gasteiger partial charge in [-0.1, -0.05) is 0 Å². The molecular weight excluding hydrogens is 227 g/mol. The maximum atomic E-state index is 13.0. The molecule has 0 aliphatic carbocycles. The first-order chi connectivity index (χ1) is 7.50. The molecule has 0 amide bonds. The molecule has 0 fully saturated rings. The molecule has 1 aromatic carbocycles. The van der Waals surface area contributed by atoms with Crippen LogP contribution in [0.1, 0.15) is 5.56 Å². The molecule has 0 atom stereocenters. The van der Waals surface area contributed by atoms with Gasteiger partial charge >= 0.3 is 5.69 Å². The highest BCUT2D eigenvalue weighted by atomic mass is 19.3. The van der Waals surface area contributed by atoms with Gasteiger partial charge in [0.2, 0.25) is 5.82 Å². The topological polar surface area (TPSA) is 52.4 Å². The van der Waals surface area contributed by atoms with Crippen LogP contribution in [0.15, 0.2) is 18.2 Å². The zero-order valence-electron chi connectivity index (χ0n) is 8.03. The Bertz CT molecular complexity index is 384. The second-order valence-electron chi connectivity index (χ2n) is 2.95. The van der Waals surface area contributed by atoms with Gasteiger partial charge in [0.05, 0.1) is 11.5 Å². The molecule has 7 heteroatoms. The summed E-state index contributed by atoms with van der Waals surface area (Å²) in [7, 11) is 0. The summed E-state index contributed by atoms with van der Waals surface area (Å²) in [6.07, 6.45) is -2.59. The molecule has 1 aromatic rings. The van der Waals surface area contributed by atoms with E-state index in [9.17, 15) is 23.3 Å². The smallest absolute Gasteiger partial charge is 0.304 e. The number of ether oxygens (including phenoxy) is 1. The lowest BCUT2D eigenvalue weighted by molar-refractivity contribution is -0.387. The van der Waals surface area contributed by atoms with E-state index < -0.39 is 29.5 Å². The van der Waals surface area contributed by atoms with E-state index >= 15 is 0 Å². The van der Waals surface area contributed by atoms with Crippen molar-refractivity contribution in [1.29, 1.82) is 0 Å². The number of hydrogen-bond donors (Lipinski definition) is 0. The predicted molar refractivity (Wildman–Crippen MR) is 48.7 cm³/mol. The number of hydrogen-bond acceptors (Lipinski definition) is 3. The lowest BCUT2D eigenvalue weighted by atomic mass is 10.2. The zero-order chi connectivity index (χ0) is 12.1. The minimum absolute atomic E-state index is 0.209. The minimum Gasteiger partial charge on any atom is -0.371 e. The number of nitrogens with zero attached hydrogens (tertiary/aromatic N) is 1. The van der Waals surface area contributed by atoms with Gasteiger partial charge in [0, 0.05) is 6.07 Å². The fourth-order valence-electron chi connectivity index (χ4n) is 1.05. The highest BCUT2D eigenvalue weighted by Crippen LogP contribution is 2.18. The summed E-state index contributed by atoms with van der Waals surface area (Å²) in [5, 5.41) is 10.3. The summed E-state index contributed by atoms with van der Waals surface area (Å²) < 4.78 is 41.0. The molecule has 0 saturated carbocycles. The highest BCUT2D eigenvalue weighted by molar-refractivity contribution is 5.34. The van der Waals surface area contributed by atoms with E-state index in [0.717, 1.165) is 12.1 Å². The van der Waals surface area contributed by atoms with E-state index in [0.29, 0.717) is 0 Å². The number of benzene rings is 1.